The normalized spacial score (nSPS) is 14.1. The van der Waals surface area contributed by atoms with Gasteiger partial charge in [0.05, 0.1) is 4.88 Å². The molecule has 152 valence electrons. The highest BCUT2D eigenvalue weighted by atomic mass is 32.1. The van der Waals surface area contributed by atoms with E-state index in [1.165, 1.54) is 20.5 Å². The van der Waals surface area contributed by atoms with E-state index in [1.807, 2.05) is 26.0 Å². The molecule has 4 rings (SSSR count). The van der Waals surface area contributed by atoms with Gasteiger partial charge in [-0.2, -0.15) is 0 Å². The molecule has 4 heterocycles. The first-order valence-electron chi connectivity index (χ1n) is 9.56. The standard InChI is InChI=1S/C19H22N6O3S/c1-3-24-18-15(25(19(24)28)10-13(26)23-8-4-5-9-23)14(16(20)27)21-17(22-18)12-7-6-11(2)29-12/h6-7H,3-5,8-10H2,1-2H3,(H2,20,27). The molecule has 2 amide bonds. The van der Waals surface area contributed by atoms with Crippen molar-refractivity contribution in [2.45, 2.75) is 39.8 Å². The molecule has 9 nitrogen and oxygen atoms in total. The van der Waals surface area contributed by atoms with E-state index >= 15 is 0 Å². The molecular formula is C19H22N6O3S. The van der Waals surface area contributed by atoms with E-state index in [0.717, 1.165) is 22.6 Å². The number of carbonyl (C=O) groups is 2. The van der Waals surface area contributed by atoms with Crippen molar-refractivity contribution >= 4 is 34.3 Å². The summed E-state index contributed by atoms with van der Waals surface area (Å²) in [5, 5.41) is 0. The van der Waals surface area contributed by atoms with Crippen LogP contribution in [-0.4, -0.2) is 48.9 Å². The highest BCUT2D eigenvalue weighted by Gasteiger charge is 2.26. The van der Waals surface area contributed by atoms with Gasteiger partial charge in [0.2, 0.25) is 5.91 Å². The number of carbonyl (C=O) groups excluding carboxylic acids is 2. The number of hydrogen-bond donors (Lipinski definition) is 1. The van der Waals surface area contributed by atoms with Gasteiger partial charge in [0.25, 0.3) is 5.91 Å². The summed E-state index contributed by atoms with van der Waals surface area (Å²) in [5.41, 5.74) is 5.70. The molecule has 0 aliphatic carbocycles. The predicted octanol–water partition coefficient (Wildman–Crippen LogP) is 1.37. The van der Waals surface area contributed by atoms with Crippen molar-refractivity contribution in [3.8, 4) is 10.7 Å². The molecule has 29 heavy (non-hydrogen) atoms. The van der Waals surface area contributed by atoms with E-state index in [1.54, 1.807) is 4.90 Å². The van der Waals surface area contributed by atoms with Crippen molar-refractivity contribution < 1.29 is 9.59 Å². The molecule has 0 unspecified atom stereocenters. The highest BCUT2D eigenvalue weighted by Crippen LogP contribution is 2.27. The number of fused-ring (bicyclic) bond motifs is 1. The summed E-state index contributed by atoms with van der Waals surface area (Å²) < 4.78 is 2.73. The van der Waals surface area contributed by atoms with Gasteiger partial charge in [-0.05, 0) is 38.8 Å². The first-order chi connectivity index (χ1) is 13.9. The van der Waals surface area contributed by atoms with Gasteiger partial charge in [0, 0.05) is 24.5 Å². The molecule has 2 N–H and O–H groups in total. The molecule has 0 bridgehead atoms. The lowest BCUT2D eigenvalue weighted by Gasteiger charge is -2.15. The molecular weight excluding hydrogens is 392 g/mol. The van der Waals surface area contributed by atoms with Crippen LogP contribution in [0.15, 0.2) is 16.9 Å². The molecule has 0 atom stereocenters. The number of hydrogen-bond acceptors (Lipinski definition) is 6. The van der Waals surface area contributed by atoms with E-state index in [-0.39, 0.29) is 23.7 Å². The van der Waals surface area contributed by atoms with Crippen LogP contribution in [0, 0.1) is 6.92 Å². The molecule has 0 spiro atoms. The second-order valence-corrected chi connectivity index (χ2v) is 8.33. The first-order valence-corrected chi connectivity index (χ1v) is 10.4. The molecule has 1 fully saturated rings. The summed E-state index contributed by atoms with van der Waals surface area (Å²) in [6.45, 7) is 5.32. The van der Waals surface area contributed by atoms with Crippen molar-refractivity contribution in [3.63, 3.8) is 0 Å². The van der Waals surface area contributed by atoms with Crippen molar-refractivity contribution in [1.29, 1.82) is 0 Å². The van der Waals surface area contributed by atoms with Crippen LogP contribution in [0.25, 0.3) is 21.9 Å². The number of primary amides is 1. The largest absolute Gasteiger partial charge is 0.364 e. The van der Waals surface area contributed by atoms with Crippen LogP contribution in [0.1, 0.15) is 35.1 Å². The van der Waals surface area contributed by atoms with Crippen LogP contribution in [0.3, 0.4) is 0 Å². The fourth-order valence-corrected chi connectivity index (χ4v) is 4.48. The zero-order valence-corrected chi connectivity index (χ0v) is 17.2. The molecule has 10 heteroatoms. The minimum absolute atomic E-state index is 0.0467. The predicted molar refractivity (Wildman–Crippen MR) is 110 cm³/mol. The van der Waals surface area contributed by atoms with E-state index in [0.29, 0.717) is 31.1 Å². The van der Waals surface area contributed by atoms with Crippen LogP contribution in [0.5, 0.6) is 0 Å². The molecule has 0 saturated carbocycles. The van der Waals surface area contributed by atoms with Crippen molar-refractivity contribution in [2.24, 2.45) is 5.73 Å². The van der Waals surface area contributed by atoms with Gasteiger partial charge in [0.15, 0.2) is 17.2 Å². The molecule has 0 aromatic carbocycles. The lowest BCUT2D eigenvalue weighted by molar-refractivity contribution is -0.130. The third kappa shape index (κ3) is 3.33. The number of likely N-dealkylation sites (tertiary alicyclic amines) is 1. The monoisotopic (exact) mass is 414 g/mol. The van der Waals surface area contributed by atoms with E-state index in [4.69, 9.17) is 5.73 Å². The van der Waals surface area contributed by atoms with Gasteiger partial charge in [-0.1, -0.05) is 0 Å². The van der Waals surface area contributed by atoms with Crippen LogP contribution >= 0.6 is 11.3 Å². The molecule has 3 aromatic heterocycles. The summed E-state index contributed by atoms with van der Waals surface area (Å²) in [7, 11) is 0. The summed E-state index contributed by atoms with van der Waals surface area (Å²) in [6.07, 6.45) is 1.91. The van der Waals surface area contributed by atoms with Crippen LogP contribution in [-0.2, 0) is 17.9 Å². The van der Waals surface area contributed by atoms with Crippen molar-refractivity contribution in [3.05, 3.63) is 33.2 Å². The SMILES string of the molecule is CCn1c(=O)n(CC(=O)N2CCCC2)c2c(C(N)=O)nc(-c3ccc(C)s3)nc21. The number of nitrogens with two attached hydrogens (primary N) is 1. The Morgan fingerprint density at radius 1 is 1.17 bits per heavy atom. The lowest BCUT2D eigenvalue weighted by atomic mass is 10.3. The number of imidazole rings is 1. The maximum Gasteiger partial charge on any atom is 0.330 e. The van der Waals surface area contributed by atoms with Crippen LogP contribution in [0.2, 0.25) is 0 Å². The second-order valence-electron chi connectivity index (χ2n) is 7.04. The summed E-state index contributed by atoms with van der Waals surface area (Å²) >= 11 is 1.49. The Bertz CT molecular complexity index is 1170. The lowest BCUT2D eigenvalue weighted by Crippen LogP contribution is -2.35. The minimum Gasteiger partial charge on any atom is -0.364 e. The fraction of sp³-hybridized carbons (Fsp3) is 0.421. The average molecular weight is 414 g/mol. The van der Waals surface area contributed by atoms with Crippen molar-refractivity contribution in [1.82, 2.24) is 24.0 Å². The maximum atomic E-state index is 13.0. The Labute approximate surface area is 170 Å². The quantitative estimate of drug-likeness (QED) is 0.677. The third-order valence-electron chi connectivity index (χ3n) is 5.12. The topological polar surface area (TPSA) is 116 Å². The summed E-state index contributed by atoms with van der Waals surface area (Å²) in [4.78, 5) is 50.5. The molecule has 1 aliphatic rings. The number of thiophene rings is 1. The number of amides is 2. The van der Waals surface area contributed by atoms with Gasteiger partial charge in [-0.3, -0.25) is 18.7 Å². The second kappa shape index (κ2) is 7.43. The minimum atomic E-state index is -0.762. The molecule has 1 aliphatic heterocycles. The number of rotatable bonds is 5. The van der Waals surface area contributed by atoms with Gasteiger partial charge >= 0.3 is 5.69 Å². The van der Waals surface area contributed by atoms with E-state index in [2.05, 4.69) is 9.97 Å². The zero-order valence-electron chi connectivity index (χ0n) is 16.3. The molecule has 3 aromatic rings. The van der Waals surface area contributed by atoms with Crippen LogP contribution in [0.4, 0.5) is 0 Å². The van der Waals surface area contributed by atoms with Crippen LogP contribution < -0.4 is 11.4 Å². The Morgan fingerprint density at radius 3 is 2.48 bits per heavy atom. The number of nitrogens with zero attached hydrogens (tertiary/aromatic N) is 5. The average Bonchev–Trinajstić information content (AvgIpc) is 3.42. The maximum absolute atomic E-state index is 13.0. The summed E-state index contributed by atoms with van der Waals surface area (Å²) in [6, 6.07) is 3.80. The fourth-order valence-electron chi connectivity index (χ4n) is 3.68. The Balaban J connectivity index is 1.92. The summed E-state index contributed by atoms with van der Waals surface area (Å²) in [5.74, 6) is -0.578. The van der Waals surface area contributed by atoms with E-state index < -0.39 is 11.6 Å². The smallest absolute Gasteiger partial charge is 0.330 e. The van der Waals surface area contributed by atoms with Gasteiger partial charge in [-0.15, -0.1) is 11.3 Å². The third-order valence-corrected chi connectivity index (χ3v) is 6.11. The van der Waals surface area contributed by atoms with Gasteiger partial charge in [0.1, 0.15) is 12.1 Å². The zero-order chi connectivity index (χ0) is 20.7. The molecule has 1 saturated heterocycles. The van der Waals surface area contributed by atoms with E-state index in [9.17, 15) is 14.4 Å². The molecule has 0 radical (unpaired) electrons. The first kappa shape index (κ1) is 19.3. The Kier molecular flexibility index (Phi) is 4.95. The highest BCUT2D eigenvalue weighted by molar-refractivity contribution is 7.15. The Hall–Kier alpha value is -3.01. The van der Waals surface area contributed by atoms with Gasteiger partial charge < -0.3 is 10.6 Å². The number of aryl methyl sites for hydroxylation is 2. The van der Waals surface area contributed by atoms with Gasteiger partial charge in [-0.25, -0.2) is 14.8 Å². The van der Waals surface area contributed by atoms with Crippen molar-refractivity contribution in [2.75, 3.05) is 13.1 Å². The Morgan fingerprint density at radius 2 is 1.90 bits per heavy atom. The number of aromatic nitrogens is 4.